The third kappa shape index (κ3) is 5.38. The van der Waals surface area contributed by atoms with E-state index in [2.05, 4.69) is 5.32 Å². The molecule has 1 amide bonds. The van der Waals surface area contributed by atoms with Gasteiger partial charge in [0.25, 0.3) is 5.91 Å². The first-order valence-corrected chi connectivity index (χ1v) is 14.6. The quantitative estimate of drug-likeness (QED) is 0.474. The van der Waals surface area contributed by atoms with Crippen LogP contribution in [0.1, 0.15) is 65.7 Å². The Kier molecular flexibility index (Phi) is 8.05. The number of aliphatic hydroxyl groups excluding tert-OH is 1. The SMILES string of the molecule is CC[C@H]1CCCN1Cc1c(C(F)(F)F)cc2c(c1C)NC(O)N(Cc1cc(Cl)ccc1S(=O)(=O)CC)C2=O. The minimum absolute atomic E-state index is 0.0613. The molecule has 0 bridgehead atoms. The van der Waals surface area contributed by atoms with Gasteiger partial charge < -0.3 is 10.4 Å². The van der Waals surface area contributed by atoms with E-state index in [9.17, 15) is 31.5 Å². The molecule has 1 unspecified atom stereocenters. The van der Waals surface area contributed by atoms with Crippen molar-refractivity contribution in [1.82, 2.24) is 9.80 Å². The van der Waals surface area contributed by atoms with Crippen molar-refractivity contribution in [3.8, 4) is 0 Å². The smallest absolute Gasteiger partial charge is 0.356 e. The number of nitrogens with one attached hydrogen (secondary N) is 1. The molecule has 208 valence electrons. The van der Waals surface area contributed by atoms with Crippen LogP contribution >= 0.6 is 11.6 Å². The van der Waals surface area contributed by atoms with E-state index in [1.54, 1.807) is 0 Å². The number of anilines is 1. The highest BCUT2D eigenvalue weighted by atomic mass is 35.5. The fourth-order valence-corrected chi connectivity index (χ4v) is 6.69. The lowest BCUT2D eigenvalue weighted by Gasteiger charge is -2.37. The van der Waals surface area contributed by atoms with Crippen LogP contribution in [-0.4, -0.2) is 53.9 Å². The zero-order valence-electron chi connectivity index (χ0n) is 21.4. The molecule has 2 aliphatic rings. The van der Waals surface area contributed by atoms with E-state index in [1.807, 2.05) is 11.8 Å². The van der Waals surface area contributed by atoms with Crippen molar-refractivity contribution in [1.29, 1.82) is 0 Å². The van der Waals surface area contributed by atoms with Crippen LogP contribution in [0.25, 0.3) is 0 Å². The van der Waals surface area contributed by atoms with Crippen LogP contribution in [-0.2, 0) is 29.1 Å². The van der Waals surface area contributed by atoms with Crippen molar-refractivity contribution >= 4 is 33.0 Å². The van der Waals surface area contributed by atoms with Crippen molar-refractivity contribution < 1.29 is 31.5 Å². The molecule has 2 aromatic rings. The molecule has 38 heavy (non-hydrogen) atoms. The molecular weight excluding hydrogens is 543 g/mol. The molecule has 2 aliphatic heterocycles. The Labute approximate surface area is 225 Å². The molecule has 7 nitrogen and oxygen atoms in total. The second-order valence-corrected chi connectivity index (χ2v) is 12.4. The third-order valence-electron chi connectivity index (χ3n) is 7.49. The molecule has 0 radical (unpaired) electrons. The minimum atomic E-state index is -4.70. The van der Waals surface area contributed by atoms with Crippen molar-refractivity contribution in [3.05, 3.63) is 57.1 Å². The number of nitrogens with zero attached hydrogens (tertiary/aromatic N) is 2. The third-order valence-corrected chi connectivity index (χ3v) is 9.55. The summed E-state index contributed by atoms with van der Waals surface area (Å²) in [6, 6.07) is 5.12. The Morgan fingerprint density at radius 3 is 2.53 bits per heavy atom. The molecule has 2 aromatic carbocycles. The lowest BCUT2D eigenvalue weighted by Crippen LogP contribution is -2.49. The topological polar surface area (TPSA) is 89.9 Å². The van der Waals surface area contributed by atoms with Gasteiger partial charge in [-0.3, -0.25) is 14.6 Å². The number of halogens is 4. The van der Waals surface area contributed by atoms with Gasteiger partial charge >= 0.3 is 6.18 Å². The van der Waals surface area contributed by atoms with Crippen molar-refractivity contribution in [2.45, 2.75) is 76.6 Å². The lowest BCUT2D eigenvalue weighted by molar-refractivity contribution is -0.138. The van der Waals surface area contributed by atoms with Gasteiger partial charge in [0.05, 0.1) is 34.0 Å². The number of sulfone groups is 1. The maximum Gasteiger partial charge on any atom is 0.416 e. The molecule has 4 rings (SSSR count). The summed E-state index contributed by atoms with van der Waals surface area (Å²) in [6.45, 7) is 5.40. The van der Waals surface area contributed by atoms with Crippen molar-refractivity contribution in [3.63, 3.8) is 0 Å². The number of benzene rings is 2. The fourth-order valence-electron chi connectivity index (χ4n) is 5.38. The van der Waals surface area contributed by atoms with E-state index in [4.69, 9.17) is 11.6 Å². The molecule has 1 saturated heterocycles. The predicted molar refractivity (Wildman–Crippen MR) is 139 cm³/mol. The number of hydrogen-bond donors (Lipinski definition) is 2. The number of amides is 1. The van der Waals surface area contributed by atoms with Crippen LogP contribution in [0.5, 0.6) is 0 Å². The van der Waals surface area contributed by atoms with Gasteiger partial charge in [-0.2, -0.15) is 13.2 Å². The van der Waals surface area contributed by atoms with E-state index in [0.717, 1.165) is 30.2 Å². The number of carbonyl (C=O) groups is 1. The fraction of sp³-hybridized carbons (Fsp3) is 0.500. The molecular formula is C26H31ClF3N3O4S. The summed E-state index contributed by atoms with van der Waals surface area (Å²) in [7, 11) is -3.70. The standard InChI is InChI=1S/C26H31ClF3N3O4S/c1-4-18-7-6-10-32(18)14-20-15(3)23-19(12-21(20)26(28,29)30)24(34)33(25(35)31-23)13-16-11-17(27)8-9-22(16)38(36,37)5-2/h8-9,11-12,18,25,31,35H,4-7,10,13-14H2,1-3H3/t18-,25?/m0/s1. The molecule has 1 fully saturated rings. The molecule has 0 aromatic heterocycles. The van der Waals surface area contributed by atoms with Crippen LogP contribution in [0.4, 0.5) is 18.9 Å². The number of alkyl halides is 3. The largest absolute Gasteiger partial charge is 0.416 e. The zero-order chi connectivity index (χ0) is 28.0. The maximum atomic E-state index is 14.3. The van der Waals surface area contributed by atoms with E-state index < -0.39 is 33.8 Å². The number of aliphatic hydroxyl groups is 1. The molecule has 2 heterocycles. The summed E-state index contributed by atoms with van der Waals surface area (Å²) >= 11 is 6.08. The van der Waals surface area contributed by atoms with Crippen LogP contribution < -0.4 is 5.32 Å². The Morgan fingerprint density at radius 1 is 1.18 bits per heavy atom. The number of likely N-dealkylation sites (tertiary alicyclic amines) is 1. The number of hydrogen-bond acceptors (Lipinski definition) is 6. The summed E-state index contributed by atoms with van der Waals surface area (Å²) in [5.41, 5.74) is -0.509. The van der Waals surface area contributed by atoms with E-state index in [1.165, 1.54) is 32.0 Å². The van der Waals surface area contributed by atoms with Crippen LogP contribution in [0.3, 0.4) is 0 Å². The Morgan fingerprint density at radius 2 is 1.89 bits per heavy atom. The van der Waals surface area contributed by atoms with Crippen molar-refractivity contribution in [2.24, 2.45) is 0 Å². The Bertz CT molecular complexity index is 1350. The summed E-state index contributed by atoms with van der Waals surface area (Å²) in [5.74, 6) is -1.05. The number of rotatable bonds is 7. The highest BCUT2D eigenvalue weighted by molar-refractivity contribution is 7.91. The molecule has 0 spiro atoms. The van der Waals surface area contributed by atoms with Crippen LogP contribution in [0.15, 0.2) is 29.2 Å². The van der Waals surface area contributed by atoms with Gasteiger partial charge in [0, 0.05) is 17.6 Å². The Hall–Kier alpha value is -2.34. The molecule has 0 saturated carbocycles. The molecule has 2 atom stereocenters. The monoisotopic (exact) mass is 573 g/mol. The number of carbonyl (C=O) groups excluding carboxylic acids is 1. The maximum absolute atomic E-state index is 14.3. The van der Waals surface area contributed by atoms with Gasteiger partial charge in [-0.25, -0.2) is 8.42 Å². The highest BCUT2D eigenvalue weighted by Gasteiger charge is 2.41. The van der Waals surface area contributed by atoms with Crippen molar-refractivity contribution in [2.75, 3.05) is 17.6 Å². The molecule has 0 aliphatic carbocycles. The first-order valence-electron chi connectivity index (χ1n) is 12.5. The van der Waals surface area contributed by atoms with E-state index in [0.29, 0.717) is 6.54 Å². The molecule has 12 heteroatoms. The molecule has 2 N–H and O–H groups in total. The number of fused-ring (bicyclic) bond motifs is 1. The second-order valence-electron chi connectivity index (χ2n) is 9.73. The summed E-state index contributed by atoms with van der Waals surface area (Å²) in [4.78, 5) is 16.4. The summed E-state index contributed by atoms with van der Waals surface area (Å²) in [5, 5.41) is 13.8. The first kappa shape index (κ1) is 28.7. The van der Waals surface area contributed by atoms with Gasteiger partial charge in [-0.15, -0.1) is 0 Å². The van der Waals surface area contributed by atoms with Gasteiger partial charge in [-0.05, 0) is 73.7 Å². The van der Waals surface area contributed by atoms with Crippen LogP contribution in [0.2, 0.25) is 5.02 Å². The van der Waals surface area contributed by atoms with Gasteiger partial charge in [0.1, 0.15) is 0 Å². The average molecular weight is 574 g/mol. The predicted octanol–water partition coefficient (Wildman–Crippen LogP) is 5.18. The normalized spacial score (nSPS) is 20.5. The van der Waals surface area contributed by atoms with E-state index in [-0.39, 0.29) is 62.7 Å². The Balaban J connectivity index is 1.76. The summed E-state index contributed by atoms with van der Waals surface area (Å²) in [6.07, 6.45) is -3.63. The average Bonchev–Trinajstić information content (AvgIpc) is 3.30. The van der Waals surface area contributed by atoms with Crippen LogP contribution in [0, 0.1) is 6.92 Å². The zero-order valence-corrected chi connectivity index (χ0v) is 23.0. The minimum Gasteiger partial charge on any atom is -0.356 e. The lowest BCUT2D eigenvalue weighted by atomic mass is 9.92. The highest BCUT2D eigenvalue weighted by Crippen LogP contribution is 2.41. The summed E-state index contributed by atoms with van der Waals surface area (Å²) < 4.78 is 68.0. The van der Waals surface area contributed by atoms with Gasteiger partial charge in [-0.1, -0.05) is 25.4 Å². The van der Waals surface area contributed by atoms with Gasteiger partial charge in [0.15, 0.2) is 9.84 Å². The van der Waals surface area contributed by atoms with E-state index >= 15 is 0 Å². The second kappa shape index (κ2) is 10.7. The first-order chi connectivity index (χ1) is 17.8. The van der Waals surface area contributed by atoms with Gasteiger partial charge in [0.2, 0.25) is 6.35 Å².